The van der Waals surface area contributed by atoms with Crippen LogP contribution in [0.3, 0.4) is 0 Å². The minimum Gasteiger partial charge on any atom is -0.348 e. The first kappa shape index (κ1) is 19.6. The average molecular weight is 398 g/mol. The smallest absolute Gasteiger partial charge is 0.251 e. The summed E-state index contributed by atoms with van der Waals surface area (Å²) in [6, 6.07) is 14.2. The number of carbonyl (C=O) groups is 1. The van der Waals surface area contributed by atoms with E-state index in [9.17, 15) is 13.2 Å². The minimum absolute atomic E-state index is 0.231. The third kappa shape index (κ3) is 4.23. The molecule has 1 amide bonds. The number of rotatable bonds is 6. The molecule has 8 heteroatoms. The van der Waals surface area contributed by atoms with E-state index in [1.54, 1.807) is 30.5 Å². The SMILES string of the molecule is Cc1nccn1-c1ccccc1CNC(=O)c1ccc(N(C)S(C)(=O)=O)cc1. The van der Waals surface area contributed by atoms with Crippen LogP contribution in [-0.2, 0) is 16.6 Å². The molecule has 1 aromatic heterocycles. The quantitative estimate of drug-likeness (QED) is 0.691. The molecule has 0 unspecified atom stereocenters. The molecule has 0 aliphatic carbocycles. The highest BCUT2D eigenvalue weighted by Gasteiger charge is 2.13. The number of nitrogens with zero attached hydrogens (tertiary/aromatic N) is 3. The van der Waals surface area contributed by atoms with Gasteiger partial charge in [-0.2, -0.15) is 0 Å². The second kappa shape index (κ2) is 7.85. The van der Waals surface area contributed by atoms with E-state index in [2.05, 4.69) is 10.3 Å². The number of para-hydroxylation sites is 1. The van der Waals surface area contributed by atoms with Crippen LogP contribution in [0.1, 0.15) is 21.7 Å². The first-order valence-corrected chi connectivity index (χ1v) is 10.5. The van der Waals surface area contributed by atoms with Crippen LogP contribution in [0.15, 0.2) is 60.9 Å². The molecule has 3 rings (SSSR count). The number of hydrogen-bond acceptors (Lipinski definition) is 4. The van der Waals surface area contributed by atoms with Crippen LogP contribution in [-0.4, -0.2) is 37.2 Å². The number of anilines is 1. The lowest BCUT2D eigenvalue weighted by molar-refractivity contribution is 0.0951. The predicted molar refractivity (Wildman–Crippen MR) is 109 cm³/mol. The zero-order valence-electron chi connectivity index (χ0n) is 16.0. The third-order valence-electron chi connectivity index (χ3n) is 4.51. The van der Waals surface area contributed by atoms with E-state index in [0.717, 1.165) is 23.3 Å². The Morgan fingerprint density at radius 1 is 1.14 bits per heavy atom. The van der Waals surface area contributed by atoms with Gasteiger partial charge in [0.15, 0.2) is 0 Å². The van der Waals surface area contributed by atoms with Gasteiger partial charge in [-0.3, -0.25) is 9.10 Å². The summed E-state index contributed by atoms with van der Waals surface area (Å²) < 4.78 is 26.3. The largest absolute Gasteiger partial charge is 0.348 e. The summed E-state index contributed by atoms with van der Waals surface area (Å²) in [4.78, 5) is 16.7. The van der Waals surface area contributed by atoms with Crippen molar-refractivity contribution in [1.82, 2.24) is 14.9 Å². The van der Waals surface area contributed by atoms with Crippen molar-refractivity contribution in [2.75, 3.05) is 17.6 Å². The van der Waals surface area contributed by atoms with Crippen LogP contribution in [0.4, 0.5) is 5.69 Å². The van der Waals surface area contributed by atoms with Crippen molar-refractivity contribution in [2.24, 2.45) is 0 Å². The van der Waals surface area contributed by atoms with E-state index in [4.69, 9.17) is 0 Å². The second-order valence-corrected chi connectivity index (χ2v) is 8.45. The number of imidazole rings is 1. The molecule has 0 spiro atoms. The topological polar surface area (TPSA) is 84.3 Å². The fourth-order valence-electron chi connectivity index (χ4n) is 2.82. The van der Waals surface area contributed by atoms with Crippen molar-refractivity contribution < 1.29 is 13.2 Å². The standard InChI is InChI=1S/C20H22N4O3S/c1-15-21-12-13-24(15)19-7-5-4-6-17(19)14-22-20(25)16-8-10-18(11-9-16)23(2)28(3,26)27/h4-13H,14H2,1-3H3,(H,22,25). The van der Waals surface area contributed by atoms with Crippen molar-refractivity contribution in [1.29, 1.82) is 0 Å². The van der Waals surface area contributed by atoms with Gasteiger partial charge in [0.25, 0.3) is 5.91 Å². The highest BCUT2D eigenvalue weighted by atomic mass is 32.2. The van der Waals surface area contributed by atoms with Crippen molar-refractivity contribution >= 4 is 21.6 Å². The molecule has 0 bridgehead atoms. The lowest BCUT2D eigenvalue weighted by Crippen LogP contribution is -2.25. The van der Waals surface area contributed by atoms with Gasteiger partial charge in [-0.15, -0.1) is 0 Å². The summed E-state index contributed by atoms with van der Waals surface area (Å²) in [7, 11) is -1.87. The van der Waals surface area contributed by atoms with Gasteiger partial charge < -0.3 is 9.88 Å². The monoisotopic (exact) mass is 398 g/mol. The van der Waals surface area contributed by atoms with Crippen LogP contribution < -0.4 is 9.62 Å². The van der Waals surface area contributed by atoms with Crippen LogP contribution in [0.5, 0.6) is 0 Å². The number of aromatic nitrogens is 2. The van der Waals surface area contributed by atoms with E-state index < -0.39 is 10.0 Å². The van der Waals surface area contributed by atoms with E-state index in [1.807, 2.05) is 42.0 Å². The molecule has 28 heavy (non-hydrogen) atoms. The molecule has 0 aliphatic heterocycles. The van der Waals surface area contributed by atoms with Crippen molar-refractivity contribution in [2.45, 2.75) is 13.5 Å². The lowest BCUT2D eigenvalue weighted by atomic mass is 10.1. The van der Waals surface area contributed by atoms with E-state index in [0.29, 0.717) is 17.8 Å². The lowest BCUT2D eigenvalue weighted by Gasteiger charge is -2.17. The Morgan fingerprint density at radius 2 is 1.82 bits per heavy atom. The summed E-state index contributed by atoms with van der Waals surface area (Å²) >= 11 is 0. The van der Waals surface area contributed by atoms with E-state index in [-0.39, 0.29) is 5.91 Å². The first-order valence-electron chi connectivity index (χ1n) is 8.68. The maximum Gasteiger partial charge on any atom is 0.251 e. The van der Waals surface area contributed by atoms with Gasteiger partial charge in [-0.05, 0) is 42.8 Å². The molecule has 0 aliphatic rings. The fraction of sp³-hybridized carbons (Fsp3) is 0.200. The van der Waals surface area contributed by atoms with Crippen molar-refractivity contribution in [3.05, 3.63) is 77.9 Å². The predicted octanol–water partition coefficient (Wildman–Crippen LogP) is 2.51. The average Bonchev–Trinajstić information content (AvgIpc) is 3.11. The third-order valence-corrected chi connectivity index (χ3v) is 5.71. The zero-order chi connectivity index (χ0) is 20.3. The Morgan fingerprint density at radius 3 is 2.43 bits per heavy atom. The molecule has 1 N–H and O–H groups in total. The van der Waals surface area contributed by atoms with Gasteiger partial charge in [0.1, 0.15) is 5.82 Å². The van der Waals surface area contributed by atoms with Gasteiger partial charge in [0, 0.05) is 31.5 Å². The summed E-state index contributed by atoms with van der Waals surface area (Å²) in [5.74, 6) is 0.634. The van der Waals surface area contributed by atoms with Crippen LogP contribution >= 0.6 is 0 Å². The van der Waals surface area contributed by atoms with E-state index in [1.165, 1.54) is 11.4 Å². The normalized spacial score (nSPS) is 11.2. The van der Waals surface area contributed by atoms with Gasteiger partial charge in [0.2, 0.25) is 10.0 Å². The Balaban J connectivity index is 1.73. The number of amides is 1. The number of benzene rings is 2. The number of aryl methyl sites for hydroxylation is 1. The highest BCUT2D eigenvalue weighted by Crippen LogP contribution is 2.18. The summed E-state index contributed by atoms with van der Waals surface area (Å²) in [5, 5.41) is 2.91. The summed E-state index contributed by atoms with van der Waals surface area (Å²) in [5.41, 5.74) is 2.88. The maximum absolute atomic E-state index is 12.5. The molecule has 1 heterocycles. The molecule has 146 valence electrons. The van der Waals surface area contributed by atoms with Gasteiger partial charge >= 0.3 is 0 Å². The molecular weight excluding hydrogens is 376 g/mol. The molecule has 3 aromatic rings. The van der Waals surface area contributed by atoms with Gasteiger partial charge in [-0.25, -0.2) is 13.4 Å². The minimum atomic E-state index is -3.34. The molecule has 2 aromatic carbocycles. The summed E-state index contributed by atoms with van der Waals surface area (Å²) in [6.45, 7) is 2.28. The van der Waals surface area contributed by atoms with Crippen LogP contribution in [0.2, 0.25) is 0 Å². The Hall–Kier alpha value is -3.13. The molecule has 0 fully saturated rings. The first-order chi connectivity index (χ1) is 13.3. The number of sulfonamides is 1. The van der Waals surface area contributed by atoms with Crippen molar-refractivity contribution in [3.8, 4) is 5.69 Å². The number of hydrogen-bond donors (Lipinski definition) is 1. The van der Waals surface area contributed by atoms with E-state index >= 15 is 0 Å². The maximum atomic E-state index is 12.5. The molecule has 0 saturated carbocycles. The number of nitrogens with one attached hydrogen (secondary N) is 1. The Bertz CT molecular complexity index is 1090. The second-order valence-electron chi connectivity index (χ2n) is 6.43. The molecule has 0 saturated heterocycles. The number of carbonyl (C=O) groups excluding carboxylic acids is 1. The molecule has 0 radical (unpaired) electrons. The van der Waals surface area contributed by atoms with Crippen molar-refractivity contribution in [3.63, 3.8) is 0 Å². The Labute approximate surface area is 164 Å². The fourth-order valence-corrected chi connectivity index (χ4v) is 3.32. The summed E-state index contributed by atoms with van der Waals surface area (Å²) in [6.07, 6.45) is 4.75. The highest BCUT2D eigenvalue weighted by molar-refractivity contribution is 7.92. The Kier molecular flexibility index (Phi) is 5.51. The van der Waals surface area contributed by atoms with Crippen LogP contribution in [0.25, 0.3) is 5.69 Å². The van der Waals surface area contributed by atoms with Gasteiger partial charge in [0.05, 0.1) is 17.6 Å². The molecular formula is C20H22N4O3S. The molecule has 0 atom stereocenters. The van der Waals surface area contributed by atoms with Gasteiger partial charge in [-0.1, -0.05) is 18.2 Å². The van der Waals surface area contributed by atoms with Crippen LogP contribution in [0, 0.1) is 6.92 Å². The molecule has 7 nitrogen and oxygen atoms in total. The zero-order valence-corrected chi connectivity index (χ0v) is 16.8.